The number of ether oxygens (including phenoxy) is 1. The fourth-order valence-electron chi connectivity index (χ4n) is 3.64. The highest BCUT2D eigenvalue weighted by Gasteiger charge is 2.16. The molecular weight excluding hydrogens is 423 g/mol. The van der Waals surface area contributed by atoms with Gasteiger partial charge in [0.25, 0.3) is 11.8 Å². The van der Waals surface area contributed by atoms with Gasteiger partial charge in [0.2, 0.25) is 0 Å². The number of aromatic nitrogens is 1. The number of benzene rings is 2. The van der Waals surface area contributed by atoms with Crippen molar-refractivity contribution in [1.29, 1.82) is 0 Å². The smallest absolute Gasteiger partial charge is 0.262 e. The highest BCUT2D eigenvalue weighted by Crippen LogP contribution is 2.20. The van der Waals surface area contributed by atoms with Gasteiger partial charge < -0.3 is 20.3 Å². The van der Waals surface area contributed by atoms with E-state index >= 15 is 0 Å². The number of hydrogen-bond acceptors (Lipinski definition) is 5. The highest BCUT2D eigenvalue weighted by molar-refractivity contribution is 5.97. The van der Waals surface area contributed by atoms with Gasteiger partial charge >= 0.3 is 0 Å². The number of nitrogens with zero attached hydrogens (tertiary/aromatic N) is 2. The fraction of sp³-hybridized carbons (Fsp3) is 0.240. The first kappa shape index (κ1) is 22.3. The molecule has 0 radical (unpaired) electrons. The van der Waals surface area contributed by atoms with Gasteiger partial charge in [0, 0.05) is 25.8 Å². The molecule has 33 heavy (non-hydrogen) atoms. The number of para-hydroxylation sites is 2. The molecule has 2 N–H and O–H groups in total. The van der Waals surface area contributed by atoms with Crippen LogP contribution < -0.4 is 20.3 Å². The summed E-state index contributed by atoms with van der Waals surface area (Å²) >= 11 is 0. The zero-order chi connectivity index (χ0) is 23.0. The normalized spacial score (nSPS) is 12.9. The molecule has 0 aliphatic carbocycles. The summed E-state index contributed by atoms with van der Waals surface area (Å²) in [5, 5.41) is 5.35. The molecule has 1 aliphatic heterocycles. The molecule has 8 heteroatoms. The predicted molar refractivity (Wildman–Crippen MR) is 124 cm³/mol. The Hall–Kier alpha value is -3.94. The number of carbonyl (C=O) groups is 2. The van der Waals surface area contributed by atoms with Crippen LogP contribution in [0.5, 0.6) is 5.75 Å². The minimum Gasteiger partial charge on any atom is -0.483 e. The summed E-state index contributed by atoms with van der Waals surface area (Å²) in [6, 6.07) is 16.4. The van der Waals surface area contributed by atoms with E-state index in [1.54, 1.807) is 36.5 Å². The highest BCUT2D eigenvalue weighted by atomic mass is 19.1. The zero-order valence-electron chi connectivity index (χ0n) is 18.1. The molecule has 1 aromatic heterocycles. The van der Waals surface area contributed by atoms with Crippen molar-refractivity contribution in [3.63, 3.8) is 0 Å². The minimum atomic E-state index is -0.533. The van der Waals surface area contributed by atoms with E-state index in [0.29, 0.717) is 12.1 Å². The van der Waals surface area contributed by atoms with Crippen LogP contribution in [0.4, 0.5) is 15.9 Å². The number of carbonyl (C=O) groups excluding carboxylic acids is 2. The lowest BCUT2D eigenvalue weighted by atomic mass is 10.1. The average Bonchev–Trinajstić information content (AvgIpc) is 3.38. The Kier molecular flexibility index (Phi) is 7.14. The molecule has 0 atom stereocenters. The van der Waals surface area contributed by atoms with E-state index in [1.807, 2.05) is 12.1 Å². The second-order valence-electron chi connectivity index (χ2n) is 7.71. The molecule has 170 valence electrons. The van der Waals surface area contributed by atoms with Gasteiger partial charge in [-0.15, -0.1) is 0 Å². The second-order valence-corrected chi connectivity index (χ2v) is 7.71. The number of hydrogen-bond donors (Lipinski definition) is 2. The summed E-state index contributed by atoms with van der Waals surface area (Å²) in [5.41, 5.74) is 1.33. The van der Waals surface area contributed by atoms with Gasteiger partial charge in [0.15, 0.2) is 6.61 Å². The summed E-state index contributed by atoms with van der Waals surface area (Å²) in [7, 11) is 0. The van der Waals surface area contributed by atoms with Crippen LogP contribution in [-0.4, -0.2) is 36.5 Å². The fourth-order valence-corrected chi connectivity index (χ4v) is 3.64. The van der Waals surface area contributed by atoms with Gasteiger partial charge in [0.1, 0.15) is 17.4 Å². The maximum atomic E-state index is 13.7. The molecule has 2 amide bonds. The molecule has 7 nitrogen and oxygen atoms in total. The van der Waals surface area contributed by atoms with E-state index in [1.165, 1.54) is 18.2 Å². The number of anilines is 2. The Labute approximate surface area is 191 Å². The lowest BCUT2D eigenvalue weighted by Crippen LogP contribution is -2.25. The van der Waals surface area contributed by atoms with E-state index in [-0.39, 0.29) is 24.0 Å². The number of pyridine rings is 1. The summed E-state index contributed by atoms with van der Waals surface area (Å²) in [5.74, 6) is -0.189. The second kappa shape index (κ2) is 10.6. The summed E-state index contributed by atoms with van der Waals surface area (Å²) < 4.78 is 19.3. The molecule has 1 fully saturated rings. The molecule has 2 heterocycles. The standard InChI is InChI=1S/C25H25FN4O3/c26-20-8-2-3-9-21(20)29-24(31)17-33-22-10-4-1-7-19(22)25(32)28-16-18-11-12-27-23(15-18)30-13-5-6-14-30/h1-4,7-12,15H,5-6,13-14,16-17H2,(H,28,32)(H,29,31). The van der Waals surface area contributed by atoms with Gasteiger partial charge in [-0.05, 0) is 54.8 Å². The maximum absolute atomic E-state index is 13.7. The van der Waals surface area contributed by atoms with Gasteiger partial charge in [-0.25, -0.2) is 9.37 Å². The molecule has 1 aliphatic rings. The Morgan fingerprint density at radius 3 is 2.61 bits per heavy atom. The number of amides is 2. The summed E-state index contributed by atoms with van der Waals surface area (Å²) in [4.78, 5) is 31.6. The Morgan fingerprint density at radius 2 is 1.79 bits per heavy atom. The topological polar surface area (TPSA) is 83.6 Å². The lowest BCUT2D eigenvalue weighted by molar-refractivity contribution is -0.118. The van der Waals surface area contributed by atoms with Crippen molar-refractivity contribution in [2.24, 2.45) is 0 Å². The maximum Gasteiger partial charge on any atom is 0.262 e. The van der Waals surface area contributed by atoms with Crippen molar-refractivity contribution in [1.82, 2.24) is 10.3 Å². The minimum absolute atomic E-state index is 0.0720. The first-order valence-corrected chi connectivity index (χ1v) is 10.8. The monoisotopic (exact) mass is 448 g/mol. The van der Waals surface area contributed by atoms with Gasteiger partial charge in [-0.3, -0.25) is 9.59 Å². The molecular formula is C25H25FN4O3. The Bertz CT molecular complexity index is 1130. The molecule has 0 spiro atoms. The van der Waals surface area contributed by atoms with Crippen LogP contribution in [0, 0.1) is 5.82 Å². The van der Waals surface area contributed by atoms with E-state index in [9.17, 15) is 14.0 Å². The van der Waals surface area contributed by atoms with Gasteiger partial charge in [-0.2, -0.15) is 0 Å². The third-order valence-corrected chi connectivity index (χ3v) is 5.33. The van der Waals surface area contributed by atoms with Crippen molar-refractivity contribution >= 4 is 23.3 Å². The largest absolute Gasteiger partial charge is 0.483 e. The lowest BCUT2D eigenvalue weighted by Gasteiger charge is -2.17. The molecule has 2 aromatic carbocycles. The van der Waals surface area contributed by atoms with Crippen LogP contribution >= 0.6 is 0 Å². The first-order valence-electron chi connectivity index (χ1n) is 10.8. The van der Waals surface area contributed by atoms with E-state index in [0.717, 1.165) is 37.3 Å². The molecule has 1 saturated heterocycles. The van der Waals surface area contributed by atoms with Crippen molar-refractivity contribution in [3.8, 4) is 5.75 Å². The number of nitrogens with one attached hydrogen (secondary N) is 2. The first-order chi connectivity index (χ1) is 16.1. The molecule has 0 bridgehead atoms. The van der Waals surface area contributed by atoms with E-state index < -0.39 is 11.7 Å². The van der Waals surface area contributed by atoms with E-state index in [2.05, 4.69) is 20.5 Å². The van der Waals surface area contributed by atoms with Crippen LogP contribution in [0.3, 0.4) is 0 Å². The number of rotatable bonds is 8. The van der Waals surface area contributed by atoms with Gasteiger partial charge in [-0.1, -0.05) is 24.3 Å². The predicted octanol–water partition coefficient (Wildman–Crippen LogP) is 3.77. The van der Waals surface area contributed by atoms with Crippen molar-refractivity contribution in [2.75, 3.05) is 29.9 Å². The van der Waals surface area contributed by atoms with Crippen LogP contribution in [0.25, 0.3) is 0 Å². The van der Waals surface area contributed by atoms with Crippen LogP contribution in [0.2, 0.25) is 0 Å². The van der Waals surface area contributed by atoms with Crippen LogP contribution in [-0.2, 0) is 11.3 Å². The number of halogens is 1. The van der Waals surface area contributed by atoms with E-state index in [4.69, 9.17) is 4.74 Å². The SMILES string of the molecule is O=C(COc1ccccc1C(=O)NCc1ccnc(N2CCCC2)c1)Nc1ccccc1F. The molecule has 4 rings (SSSR count). The average molecular weight is 448 g/mol. The summed E-state index contributed by atoms with van der Waals surface area (Å²) in [6.45, 7) is 1.97. The van der Waals surface area contributed by atoms with Crippen molar-refractivity contribution < 1.29 is 18.7 Å². The zero-order valence-corrected chi connectivity index (χ0v) is 18.1. The molecule has 0 unspecified atom stereocenters. The van der Waals surface area contributed by atoms with Crippen LogP contribution in [0.15, 0.2) is 66.9 Å². The third-order valence-electron chi connectivity index (χ3n) is 5.33. The third kappa shape index (κ3) is 5.85. The quantitative estimate of drug-likeness (QED) is 0.548. The van der Waals surface area contributed by atoms with Crippen molar-refractivity contribution in [2.45, 2.75) is 19.4 Å². The van der Waals surface area contributed by atoms with Gasteiger partial charge in [0.05, 0.1) is 11.3 Å². The van der Waals surface area contributed by atoms with Crippen LogP contribution in [0.1, 0.15) is 28.8 Å². The summed E-state index contributed by atoms with van der Waals surface area (Å²) in [6.07, 6.45) is 4.08. The molecule has 3 aromatic rings. The Morgan fingerprint density at radius 1 is 1.03 bits per heavy atom. The molecule has 0 saturated carbocycles. The van der Waals surface area contributed by atoms with Crippen molar-refractivity contribution in [3.05, 3.63) is 83.8 Å². The Balaban J connectivity index is 1.35.